The van der Waals surface area contributed by atoms with Gasteiger partial charge in [0.05, 0.1) is 13.5 Å². The molecule has 0 radical (unpaired) electrons. The average molecular weight is 302 g/mol. The van der Waals surface area contributed by atoms with Gasteiger partial charge >= 0.3 is 5.97 Å². The number of esters is 1. The van der Waals surface area contributed by atoms with Crippen molar-refractivity contribution in [2.45, 2.75) is 77.0 Å². The van der Waals surface area contributed by atoms with E-state index in [2.05, 4.69) is 35.0 Å². The second-order valence-electron chi connectivity index (χ2n) is 5.23. The molecule has 0 spiro atoms. The zero-order valence-electron chi connectivity index (χ0n) is 14.1. The van der Waals surface area contributed by atoms with Gasteiger partial charge in [-0.15, -0.1) is 30.3 Å². The van der Waals surface area contributed by atoms with Crippen molar-refractivity contribution in [1.82, 2.24) is 0 Å². The number of ether oxygens (including phenoxy) is 1. The largest absolute Gasteiger partial charge is 0.469 e. The molecule has 22 heavy (non-hydrogen) atoms. The minimum atomic E-state index is -0.182. The van der Waals surface area contributed by atoms with Gasteiger partial charge in [-0.2, -0.15) is 0 Å². The molecule has 122 valence electrons. The molecule has 0 aliphatic carbocycles. The van der Waals surface area contributed by atoms with E-state index in [1.165, 1.54) is 32.8 Å². The molecule has 0 N–H and O–H groups in total. The molecule has 0 aliphatic rings. The minimum absolute atomic E-state index is 0.182. The SMILES string of the molecule is C=CCCCC#CCCCCCCCC#CCCC(=O)OC. The smallest absolute Gasteiger partial charge is 0.306 e. The number of carbonyl (C=O) groups excluding carboxylic acids is 1. The molecule has 2 heteroatoms. The van der Waals surface area contributed by atoms with E-state index in [0.717, 1.165) is 38.5 Å². The Morgan fingerprint density at radius 3 is 1.91 bits per heavy atom. The van der Waals surface area contributed by atoms with Crippen LogP contribution in [0.2, 0.25) is 0 Å². The molecule has 0 unspecified atom stereocenters. The second kappa shape index (κ2) is 17.4. The summed E-state index contributed by atoms with van der Waals surface area (Å²) in [7, 11) is 1.41. The molecular weight excluding hydrogens is 272 g/mol. The summed E-state index contributed by atoms with van der Waals surface area (Å²) in [4.78, 5) is 10.9. The van der Waals surface area contributed by atoms with Crippen LogP contribution in [0.25, 0.3) is 0 Å². The minimum Gasteiger partial charge on any atom is -0.469 e. The van der Waals surface area contributed by atoms with E-state index in [0.29, 0.717) is 12.8 Å². The number of allylic oxidation sites excluding steroid dienone is 1. The van der Waals surface area contributed by atoms with E-state index in [4.69, 9.17) is 0 Å². The third-order valence-electron chi connectivity index (χ3n) is 3.25. The van der Waals surface area contributed by atoms with Crippen molar-refractivity contribution in [2.75, 3.05) is 7.11 Å². The number of rotatable bonds is 11. The summed E-state index contributed by atoms with van der Waals surface area (Å²) in [6, 6.07) is 0. The van der Waals surface area contributed by atoms with Crippen LogP contribution in [0.5, 0.6) is 0 Å². The Morgan fingerprint density at radius 2 is 1.36 bits per heavy atom. The maximum atomic E-state index is 10.9. The van der Waals surface area contributed by atoms with Crippen molar-refractivity contribution < 1.29 is 9.53 Å². The molecule has 0 heterocycles. The normalized spacial score (nSPS) is 9.14. The van der Waals surface area contributed by atoms with Crippen LogP contribution in [0.1, 0.15) is 77.0 Å². The molecular formula is C20H30O2. The highest BCUT2D eigenvalue weighted by atomic mass is 16.5. The molecule has 0 rings (SSSR count). The van der Waals surface area contributed by atoms with E-state index >= 15 is 0 Å². The van der Waals surface area contributed by atoms with Gasteiger partial charge in [0.25, 0.3) is 0 Å². The fourth-order valence-corrected chi connectivity index (χ4v) is 1.91. The first kappa shape index (κ1) is 20.3. The summed E-state index contributed by atoms with van der Waals surface area (Å²) in [5, 5.41) is 0. The summed E-state index contributed by atoms with van der Waals surface area (Å²) >= 11 is 0. The third kappa shape index (κ3) is 16.4. The van der Waals surface area contributed by atoms with Crippen LogP contribution in [0.4, 0.5) is 0 Å². The first-order valence-electron chi connectivity index (χ1n) is 8.40. The van der Waals surface area contributed by atoms with Gasteiger partial charge in [-0.3, -0.25) is 4.79 Å². The monoisotopic (exact) mass is 302 g/mol. The van der Waals surface area contributed by atoms with Crippen molar-refractivity contribution in [3.05, 3.63) is 12.7 Å². The average Bonchev–Trinajstić information content (AvgIpc) is 2.54. The van der Waals surface area contributed by atoms with Gasteiger partial charge in [0.15, 0.2) is 0 Å². The molecule has 0 fully saturated rings. The van der Waals surface area contributed by atoms with Crippen LogP contribution < -0.4 is 0 Å². The summed E-state index contributed by atoms with van der Waals surface area (Å²) in [6.45, 7) is 3.70. The van der Waals surface area contributed by atoms with Crippen LogP contribution in [-0.2, 0) is 9.53 Å². The van der Waals surface area contributed by atoms with Gasteiger partial charge in [-0.05, 0) is 25.7 Å². The number of carbonyl (C=O) groups is 1. The van der Waals surface area contributed by atoms with E-state index < -0.39 is 0 Å². The van der Waals surface area contributed by atoms with Crippen LogP contribution in [-0.4, -0.2) is 13.1 Å². The quantitative estimate of drug-likeness (QED) is 0.231. The molecule has 0 aromatic carbocycles. The van der Waals surface area contributed by atoms with Crippen LogP contribution in [0.3, 0.4) is 0 Å². The van der Waals surface area contributed by atoms with Gasteiger partial charge in [-0.1, -0.05) is 25.3 Å². The molecule has 0 saturated heterocycles. The molecule has 0 aliphatic heterocycles. The number of hydrogen-bond donors (Lipinski definition) is 0. The lowest BCUT2D eigenvalue weighted by molar-refractivity contribution is -0.140. The Hall–Kier alpha value is -1.67. The van der Waals surface area contributed by atoms with Crippen LogP contribution in [0.15, 0.2) is 12.7 Å². The lowest BCUT2D eigenvalue weighted by atomic mass is 10.1. The number of methoxy groups -OCH3 is 1. The highest BCUT2D eigenvalue weighted by Crippen LogP contribution is 2.06. The van der Waals surface area contributed by atoms with E-state index in [-0.39, 0.29) is 5.97 Å². The van der Waals surface area contributed by atoms with E-state index in [1.807, 2.05) is 6.08 Å². The highest BCUT2D eigenvalue weighted by molar-refractivity contribution is 5.69. The van der Waals surface area contributed by atoms with Crippen molar-refractivity contribution >= 4 is 5.97 Å². The maximum Gasteiger partial charge on any atom is 0.306 e. The number of hydrogen-bond acceptors (Lipinski definition) is 2. The Balaban J connectivity index is 3.25. The molecule has 0 aromatic rings. The van der Waals surface area contributed by atoms with Crippen molar-refractivity contribution in [1.29, 1.82) is 0 Å². The van der Waals surface area contributed by atoms with Crippen molar-refractivity contribution in [3.63, 3.8) is 0 Å². The maximum absolute atomic E-state index is 10.9. The summed E-state index contributed by atoms with van der Waals surface area (Å²) in [6.07, 6.45) is 14.3. The van der Waals surface area contributed by atoms with Crippen molar-refractivity contribution in [3.8, 4) is 23.7 Å². The van der Waals surface area contributed by atoms with Gasteiger partial charge in [0.1, 0.15) is 0 Å². The fraction of sp³-hybridized carbons (Fsp3) is 0.650. The molecule has 0 aromatic heterocycles. The lowest BCUT2D eigenvalue weighted by Gasteiger charge is -1.96. The summed E-state index contributed by atoms with van der Waals surface area (Å²) in [5.74, 6) is 12.4. The molecule has 0 bridgehead atoms. The second-order valence-corrected chi connectivity index (χ2v) is 5.23. The molecule has 0 amide bonds. The van der Waals surface area contributed by atoms with Crippen LogP contribution >= 0.6 is 0 Å². The van der Waals surface area contributed by atoms with Gasteiger partial charge in [0, 0.05) is 25.7 Å². The van der Waals surface area contributed by atoms with Crippen molar-refractivity contribution in [2.24, 2.45) is 0 Å². The molecule has 0 atom stereocenters. The van der Waals surface area contributed by atoms with E-state index in [9.17, 15) is 4.79 Å². The highest BCUT2D eigenvalue weighted by Gasteiger charge is 1.95. The zero-order valence-corrected chi connectivity index (χ0v) is 14.1. The third-order valence-corrected chi connectivity index (χ3v) is 3.25. The standard InChI is InChI=1S/C20H30O2/c1-3-4-5-6-7-8-9-10-11-12-13-14-15-16-17-18-19-20(21)22-2/h3H,1,4-6,9-15,18-19H2,2H3. The van der Waals surface area contributed by atoms with Crippen LogP contribution in [0, 0.1) is 23.7 Å². The Kier molecular flexibility index (Phi) is 16.1. The Morgan fingerprint density at radius 1 is 0.864 bits per heavy atom. The predicted molar refractivity (Wildman–Crippen MR) is 93.2 cm³/mol. The van der Waals surface area contributed by atoms with Gasteiger partial charge in [0.2, 0.25) is 0 Å². The zero-order chi connectivity index (χ0) is 16.3. The first-order chi connectivity index (χ1) is 10.8. The van der Waals surface area contributed by atoms with Gasteiger partial charge in [-0.25, -0.2) is 0 Å². The number of unbranched alkanes of at least 4 members (excludes halogenated alkanes) is 8. The topological polar surface area (TPSA) is 26.3 Å². The van der Waals surface area contributed by atoms with Gasteiger partial charge < -0.3 is 4.74 Å². The van der Waals surface area contributed by atoms with E-state index in [1.54, 1.807) is 0 Å². The summed E-state index contributed by atoms with van der Waals surface area (Å²) in [5.41, 5.74) is 0. The fourth-order valence-electron chi connectivity index (χ4n) is 1.91. The Bertz CT molecular complexity index is 401. The first-order valence-corrected chi connectivity index (χ1v) is 8.40. The molecule has 0 saturated carbocycles. The lowest BCUT2D eigenvalue weighted by Crippen LogP contribution is -1.98. The predicted octanol–water partition coefficient (Wildman–Crippen LogP) is 5.03. The molecule has 2 nitrogen and oxygen atoms in total. The summed E-state index contributed by atoms with van der Waals surface area (Å²) < 4.78 is 4.55. The Labute approximate surface area is 136 Å².